The Labute approximate surface area is 284 Å². The SMILES string of the molecule is CO[C@@H]1CCN([C@H](c2ccc(C(=O)N3C[C@@H](C(=O)N[C@H]4C[C@@H]4c4ccccc4)[C@H](C(=O)N[C@H]4C[C@@H]4c4ccccc4)C3)cc2)C(F)(F)F)C1. The van der Waals surface area contributed by atoms with Gasteiger partial charge in [0.1, 0.15) is 6.04 Å². The molecule has 4 aliphatic rings. The van der Waals surface area contributed by atoms with E-state index in [0.29, 0.717) is 6.42 Å². The summed E-state index contributed by atoms with van der Waals surface area (Å²) in [4.78, 5) is 44.0. The highest BCUT2D eigenvalue weighted by molar-refractivity contribution is 5.97. The van der Waals surface area contributed by atoms with Gasteiger partial charge in [0.05, 0.1) is 17.9 Å². The molecule has 0 aromatic heterocycles. The van der Waals surface area contributed by atoms with Gasteiger partial charge in [-0.1, -0.05) is 72.8 Å². The topological polar surface area (TPSA) is 91.0 Å². The minimum absolute atomic E-state index is 0.0391. The normalized spacial score (nSPS) is 28.6. The summed E-state index contributed by atoms with van der Waals surface area (Å²) in [5.74, 6) is -2.06. The molecule has 3 amide bonds. The molecule has 11 heteroatoms. The lowest BCUT2D eigenvalue weighted by Crippen LogP contribution is -2.43. The smallest absolute Gasteiger partial charge is 0.380 e. The van der Waals surface area contributed by atoms with Crippen molar-refractivity contribution >= 4 is 17.7 Å². The summed E-state index contributed by atoms with van der Waals surface area (Å²) in [7, 11) is 1.50. The van der Waals surface area contributed by atoms with Crippen molar-refractivity contribution in [2.75, 3.05) is 33.3 Å². The first kappa shape index (κ1) is 33.3. The first-order valence-corrected chi connectivity index (χ1v) is 17.0. The molecule has 2 saturated carbocycles. The van der Waals surface area contributed by atoms with Crippen molar-refractivity contribution in [3.05, 3.63) is 107 Å². The number of hydrogen-bond acceptors (Lipinski definition) is 5. The van der Waals surface area contributed by atoms with Crippen LogP contribution in [0, 0.1) is 11.8 Å². The molecule has 0 unspecified atom stereocenters. The number of halogens is 3. The molecule has 49 heavy (non-hydrogen) atoms. The molecule has 2 aliphatic heterocycles. The fourth-order valence-corrected chi connectivity index (χ4v) is 7.71. The van der Waals surface area contributed by atoms with E-state index in [2.05, 4.69) is 10.6 Å². The Morgan fingerprint density at radius 3 is 1.71 bits per heavy atom. The third kappa shape index (κ3) is 7.23. The van der Waals surface area contributed by atoms with E-state index in [1.165, 1.54) is 41.2 Å². The van der Waals surface area contributed by atoms with Crippen molar-refractivity contribution in [3.8, 4) is 0 Å². The molecule has 4 fully saturated rings. The second-order valence-corrected chi connectivity index (χ2v) is 13.9. The molecule has 0 bridgehead atoms. The summed E-state index contributed by atoms with van der Waals surface area (Å²) in [5.41, 5.74) is 2.54. The molecular weight excluding hydrogens is 633 g/mol. The van der Waals surface area contributed by atoms with Crippen LogP contribution in [-0.2, 0) is 14.3 Å². The van der Waals surface area contributed by atoms with Gasteiger partial charge >= 0.3 is 6.18 Å². The number of likely N-dealkylation sites (tertiary alicyclic amines) is 2. The second-order valence-electron chi connectivity index (χ2n) is 13.9. The summed E-state index contributed by atoms with van der Waals surface area (Å²) in [6.45, 7) is 0.501. The molecule has 2 heterocycles. The Kier molecular flexibility index (Phi) is 9.23. The highest BCUT2D eigenvalue weighted by atomic mass is 19.4. The van der Waals surface area contributed by atoms with Crippen LogP contribution in [0.1, 0.15) is 64.2 Å². The highest BCUT2D eigenvalue weighted by Crippen LogP contribution is 2.43. The van der Waals surface area contributed by atoms with E-state index in [9.17, 15) is 27.6 Å². The van der Waals surface area contributed by atoms with Crippen LogP contribution in [0.25, 0.3) is 0 Å². The number of methoxy groups -OCH3 is 1. The number of alkyl halides is 3. The molecule has 3 aromatic carbocycles. The van der Waals surface area contributed by atoms with Gasteiger partial charge < -0.3 is 20.3 Å². The second kappa shape index (κ2) is 13.6. The summed E-state index contributed by atoms with van der Waals surface area (Å²) in [6.07, 6.45) is -2.65. The fraction of sp³-hybridized carbons (Fsp3) is 0.447. The maximum Gasteiger partial charge on any atom is 0.408 e. The minimum atomic E-state index is -4.51. The average molecular weight is 675 g/mol. The monoisotopic (exact) mass is 674 g/mol. The van der Waals surface area contributed by atoms with Gasteiger partial charge in [0, 0.05) is 62.8 Å². The van der Waals surface area contributed by atoms with Crippen molar-refractivity contribution in [2.24, 2.45) is 11.8 Å². The highest BCUT2D eigenvalue weighted by Gasteiger charge is 2.50. The van der Waals surface area contributed by atoms with Gasteiger partial charge in [-0.3, -0.25) is 19.3 Å². The number of rotatable bonds is 10. The zero-order valence-corrected chi connectivity index (χ0v) is 27.3. The van der Waals surface area contributed by atoms with Crippen molar-refractivity contribution in [2.45, 2.75) is 61.5 Å². The van der Waals surface area contributed by atoms with Crippen LogP contribution in [0.3, 0.4) is 0 Å². The predicted octanol–water partition coefficient (Wildman–Crippen LogP) is 5.04. The summed E-state index contributed by atoms with van der Waals surface area (Å²) < 4.78 is 48.0. The predicted molar refractivity (Wildman–Crippen MR) is 177 cm³/mol. The Balaban J connectivity index is 1.05. The average Bonchev–Trinajstić information content (AvgIpc) is 3.94. The summed E-state index contributed by atoms with van der Waals surface area (Å²) in [5, 5.41) is 6.25. The molecule has 0 spiro atoms. The van der Waals surface area contributed by atoms with Gasteiger partial charge in [0.2, 0.25) is 11.8 Å². The van der Waals surface area contributed by atoms with E-state index >= 15 is 0 Å². The van der Waals surface area contributed by atoms with Crippen LogP contribution < -0.4 is 10.6 Å². The summed E-state index contributed by atoms with van der Waals surface area (Å²) in [6, 6.07) is 23.5. The van der Waals surface area contributed by atoms with Crippen molar-refractivity contribution < 1.29 is 32.3 Å². The standard InChI is InChI=1S/C38H41F3N4O4/c1-49-27-16-17-44(20-27)34(38(39,40)41)25-12-14-26(15-13-25)37(48)45-21-30(35(46)42-32-18-28(32)23-8-4-2-5-9-23)31(22-45)36(47)43-33-19-29(33)24-10-6-3-7-11-24/h2-15,27-34H,16-22H2,1H3,(H,42,46)(H,43,47)/t27-,28-,29-,30-,31-,32+,33+,34-/m1/s1. The molecule has 8 nitrogen and oxygen atoms in total. The molecule has 0 radical (unpaired) electrons. The van der Waals surface area contributed by atoms with E-state index in [1.807, 2.05) is 60.7 Å². The lowest BCUT2D eigenvalue weighted by Gasteiger charge is -2.30. The van der Waals surface area contributed by atoms with Gasteiger partial charge in [0.25, 0.3) is 5.91 Å². The van der Waals surface area contributed by atoms with E-state index in [-0.39, 0.29) is 79.1 Å². The van der Waals surface area contributed by atoms with Gasteiger partial charge in [-0.05, 0) is 48.1 Å². The third-order valence-corrected chi connectivity index (χ3v) is 10.6. The number of nitrogens with zero attached hydrogens (tertiary/aromatic N) is 2. The van der Waals surface area contributed by atoms with Crippen molar-refractivity contribution in [1.29, 1.82) is 0 Å². The number of benzene rings is 3. The van der Waals surface area contributed by atoms with E-state index < -0.39 is 30.0 Å². The lowest BCUT2D eigenvalue weighted by molar-refractivity contribution is -0.184. The molecule has 3 aromatic rings. The first-order valence-electron chi connectivity index (χ1n) is 17.0. The van der Waals surface area contributed by atoms with E-state index in [1.54, 1.807) is 0 Å². The summed E-state index contributed by atoms with van der Waals surface area (Å²) >= 11 is 0. The van der Waals surface area contributed by atoms with Gasteiger partial charge in [-0.15, -0.1) is 0 Å². The van der Waals surface area contributed by atoms with Gasteiger partial charge in [-0.25, -0.2) is 0 Å². The molecule has 258 valence electrons. The Hall–Kier alpha value is -4.22. The fourth-order valence-electron chi connectivity index (χ4n) is 7.71. The number of nitrogens with one attached hydrogen (secondary N) is 2. The molecular formula is C38H41F3N4O4. The van der Waals surface area contributed by atoms with Crippen LogP contribution in [0.5, 0.6) is 0 Å². The third-order valence-electron chi connectivity index (χ3n) is 10.6. The van der Waals surface area contributed by atoms with Crippen LogP contribution >= 0.6 is 0 Å². The minimum Gasteiger partial charge on any atom is -0.380 e. The van der Waals surface area contributed by atoms with Crippen LogP contribution in [-0.4, -0.2) is 85.2 Å². The van der Waals surface area contributed by atoms with Gasteiger partial charge in [-0.2, -0.15) is 13.2 Å². The lowest BCUT2D eigenvalue weighted by atomic mass is 9.94. The molecule has 2 N–H and O–H groups in total. The quantitative estimate of drug-likeness (QED) is 0.315. The number of carbonyl (C=O) groups is 3. The van der Waals surface area contributed by atoms with E-state index in [0.717, 1.165) is 24.0 Å². The van der Waals surface area contributed by atoms with Gasteiger partial charge in [0.15, 0.2) is 0 Å². The molecule has 7 rings (SSSR count). The zero-order valence-electron chi connectivity index (χ0n) is 27.3. The first-order chi connectivity index (χ1) is 23.6. The van der Waals surface area contributed by atoms with Crippen LogP contribution in [0.2, 0.25) is 0 Å². The Morgan fingerprint density at radius 1 is 0.755 bits per heavy atom. The number of amides is 3. The van der Waals surface area contributed by atoms with Crippen LogP contribution in [0.4, 0.5) is 13.2 Å². The number of carbonyl (C=O) groups excluding carboxylic acids is 3. The van der Waals surface area contributed by atoms with Crippen molar-refractivity contribution in [3.63, 3.8) is 0 Å². The number of ether oxygens (including phenoxy) is 1. The molecule has 2 aliphatic carbocycles. The molecule has 2 saturated heterocycles. The van der Waals surface area contributed by atoms with Crippen LogP contribution in [0.15, 0.2) is 84.9 Å². The van der Waals surface area contributed by atoms with E-state index in [4.69, 9.17) is 4.74 Å². The Bertz CT molecular complexity index is 1580. The Morgan fingerprint density at radius 2 is 1.27 bits per heavy atom. The maximum atomic E-state index is 14.2. The van der Waals surface area contributed by atoms with Crippen molar-refractivity contribution in [1.82, 2.24) is 20.4 Å². The zero-order chi connectivity index (χ0) is 34.3. The largest absolute Gasteiger partial charge is 0.408 e. The number of hydrogen-bond donors (Lipinski definition) is 2. The maximum absolute atomic E-state index is 14.2. The molecule has 8 atom stereocenters.